The van der Waals surface area contributed by atoms with E-state index in [-0.39, 0.29) is 9.65 Å². The predicted molar refractivity (Wildman–Crippen MR) is 69.4 cm³/mol. The summed E-state index contributed by atoms with van der Waals surface area (Å²) in [5.74, 6) is 0. The van der Waals surface area contributed by atoms with E-state index in [0.29, 0.717) is 6.42 Å². The average molecular weight is 362 g/mol. The van der Waals surface area contributed by atoms with Crippen molar-refractivity contribution in [3.05, 3.63) is 47.3 Å². The van der Waals surface area contributed by atoms with Crippen LogP contribution >= 0.6 is 31.9 Å². The molecule has 2 heterocycles. The van der Waals surface area contributed by atoms with Gasteiger partial charge in [0.2, 0.25) is 0 Å². The van der Waals surface area contributed by atoms with E-state index in [1.54, 1.807) is 25.1 Å². The third-order valence-corrected chi connectivity index (χ3v) is 5.88. The highest BCUT2D eigenvalue weighted by Gasteiger charge is 2.31. The van der Waals surface area contributed by atoms with Crippen molar-refractivity contribution in [2.24, 2.45) is 0 Å². The van der Waals surface area contributed by atoms with Gasteiger partial charge >= 0.3 is 0 Å². The molecule has 3 unspecified atom stereocenters. The zero-order valence-electron chi connectivity index (χ0n) is 8.77. The summed E-state index contributed by atoms with van der Waals surface area (Å²) >= 11 is 7.30. The number of furan rings is 2. The molecule has 0 amide bonds. The molecule has 3 rings (SSSR count). The normalized spacial score (nSPS) is 28.1. The van der Waals surface area contributed by atoms with E-state index < -0.39 is 6.10 Å². The third-order valence-electron chi connectivity index (χ3n) is 3.12. The van der Waals surface area contributed by atoms with Gasteiger partial charge in [0.15, 0.2) is 0 Å². The molecule has 1 N–H and O–H groups in total. The van der Waals surface area contributed by atoms with E-state index in [9.17, 15) is 5.11 Å². The Labute approximate surface area is 115 Å². The first-order valence-corrected chi connectivity index (χ1v) is 7.08. The number of aliphatic hydroxyl groups is 1. The summed E-state index contributed by atoms with van der Waals surface area (Å²) in [4.78, 5) is 0.141. The van der Waals surface area contributed by atoms with Crippen molar-refractivity contribution in [1.29, 1.82) is 0 Å². The van der Waals surface area contributed by atoms with E-state index in [4.69, 9.17) is 8.83 Å². The molecule has 2 aromatic rings. The van der Waals surface area contributed by atoms with Crippen LogP contribution in [0.15, 0.2) is 33.9 Å². The average Bonchev–Trinajstić information content (AvgIpc) is 2.93. The van der Waals surface area contributed by atoms with E-state index in [0.717, 1.165) is 22.3 Å². The Bertz CT molecular complexity index is 531. The first-order chi connectivity index (χ1) is 8.18. The summed E-state index contributed by atoms with van der Waals surface area (Å²) < 4.78 is 10.4. The predicted octanol–water partition coefficient (Wildman–Crippen LogP) is 4.03. The molecule has 3 nitrogen and oxygen atoms in total. The molecule has 0 radical (unpaired) electrons. The Hall–Kier alpha value is -0.520. The Balaban J connectivity index is 2.13. The second-order valence-corrected chi connectivity index (χ2v) is 6.13. The van der Waals surface area contributed by atoms with E-state index in [1.165, 1.54) is 0 Å². The Morgan fingerprint density at radius 1 is 0.941 bits per heavy atom. The van der Waals surface area contributed by atoms with E-state index in [2.05, 4.69) is 31.9 Å². The third kappa shape index (κ3) is 1.80. The molecule has 0 spiro atoms. The Kier molecular flexibility index (Phi) is 2.92. The summed E-state index contributed by atoms with van der Waals surface area (Å²) in [6, 6.07) is 0. The monoisotopic (exact) mass is 360 g/mol. The van der Waals surface area contributed by atoms with Gasteiger partial charge in [0.25, 0.3) is 0 Å². The van der Waals surface area contributed by atoms with E-state index in [1.807, 2.05) is 0 Å². The zero-order valence-corrected chi connectivity index (χ0v) is 11.9. The summed E-state index contributed by atoms with van der Waals surface area (Å²) in [6.07, 6.45) is 6.69. The molecule has 17 heavy (non-hydrogen) atoms. The summed E-state index contributed by atoms with van der Waals surface area (Å²) in [5, 5.41) is 10.2. The van der Waals surface area contributed by atoms with Crippen LogP contribution in [0, 0.1) is 0 Å². The lowest BCUT2D eigenvalue weighted by Gasteiger charge is -2.22. The molecule has 0 saturated carbocycles. The van der Waals surface area contributed by atoms with Gasteiger partial charge in [-0.15, -0.1) is 0 Å². The van der Waals surface area contributed by atoms with Crippen molar-refractivity contribution in [3.8, 4) is 0 Å². The van der Waals surface area contributed by atoms with Crippen molar-refractivity contribution in [3.63, 3.8) is 0 Å². The zero-order chi connectivity index (χ0) is 12.0. The smallest absolute Gasteiger partial charge is 0.0964 e. The van der Waals surface area contributed by atoms with Gasteiger partial charge in [-0.2, -0.15) is 0 Å². The van der Waals surface area contributed by atoms with Gasteiger partial charge in [0.1, 0.15) is 0 Å². The lowest BCUT2D eigenvalue weighted by atomic mass is 9.92. The molecule has 5 heteroatoms. The maximum atomic E-state index is 10.2. The van der Waals surface area contributed by atoms with Gasteiger partial charge in [-0.05, 0) is 5.56 Å². The Morgan fingerprint density at radius 3 is 2.35 bits per heavy atom. The molecule has 0 saturated heterocycles. The van der Waals surface area contributed by atoms with Gasteiger partial charge in [0.05, 0.1) is 40.8 Å². The molecule has 0 fully saturated rings. The molecular weight excluding hydrogens is 352 g/mol. The van der Waals surface area contributed by atoms with Crippen LogP contribution in [0.3, 0.4) is 0 Å². The van der Waals surface area contributed by atoms with Crippen LogP contribution < -0.4 is 0 Å². The van der Waals surface area contributed by atoms with Gasteiger partial charge in [-0.3, -0.25) is 0 Å². The second kappa shape index (κ2) is 4.30. The fourth-order valence-corrected chi connectivity index (χ4v) is 3.53. The van der Waals surface area contributed by atoms with Crippen molar-refractivity contribution in [2.75, 3.05) is 0 Å². The second-order valence-electron chi connectivity index (χ2n) is 4.16. The van der Waals surface area contributed by atoms with Crippen LogP contribution in [0.25, 0.3) is 0 Å². The minimum atomic E-state index is -0.555. The number of alkyl halides is 2. The maximum Gasteiger partial charge on any atom is 0.0964 e. The van der Waals surface area contributed by atoms with Crippen LogP contribution in [0.1, 0.15) is 38.0 Å². The molecule has 90 valence electrons. The summed E-state index contributed by atoms with van der Waals surface area (Å²) in [5.41, 5.74) is 3.91. The molecule has 1 aliphatic carbocycles. The SMILES string of the molecule is OC1Cc2cocc2C(Br)C(Br)c2cocc21. The highest BCUT2D eigenvalue weighted by Crippen LogP contribution is 2.48. The molecule has 3 atom stereocenters. The molecule has 0 aromatic carbocycles. The topological polar surface area (TPSA) is 46.5 Å². The van der Waals surface area contributed by atoms with Crippen LogP contribution in [0.2, 0.25) is 0 Å². The summed E-state index contributed by atoms with van der Waals surface area (Å²) in [7, 11) is 0. The highest BCUT2D eigenvalue weighted by molar-refractivity contribution is 9.12. The number of aliphatic hydroxyl groups excluding tert-OH is 1. The van der Waals surface area contributed by atoms with Gasteiger partial charge in [-0.1, -0.05) is 31.9 Å². The molecular formula is C12H10Br2O3. The van der Waals surface area contributed by atoms with Crippen molar-refractivity contribution in [2.45, 2.75) is 22.2 Å². The van der Waals surface area contributed by atoms with Crippen molar-refractivity contribution < 1.29 is 13.9 Å². The quantitative estimate of drug-likeness (QED) is 0.720. The number of halogens is 2. The number of hydrogen-bond donors (Lipinski definition) is 1. The van der Waals surface area contributed by atoms with Gasteiger partial charge in [0, 0.05) is 23.1 Å². The van der Waals surface area contributed by atoms with Crippen LogP contribution in [0.4, 0.5) is 0 Å². The number of rotatable bonds is 0. The standard InChI is InChI=1S/C12H10Br2O3/c13-11-7-3-16-2-6(7)1-10(15)8-4-17-5-9(8)12(11)14/h2-5,10-12,15H,1H2. The largest absolute Gasteiger partial charge is 0.472 e. The van der Waals surface area contributed by atoms with Gasteiger partial charge < -0.3 is 13.9 Å². The minimum absolute atomic E-state index is 0.0440. The Morgan fingerprint density at radius 2 is 1.53 bits per heavy atom. The summed E-state index contributed by atoms with van der Waals surface area (Å²) in [6.45, 7) is 0. The fourth-order valence-electron chi connectivity index (χ4n) is 2.19. The molecule has 0 bridgehead atoms. The first kappa shape index (κ1) is 11.6. The van der Waals surface area contributed by atoms with Crippen LogP contribution in [-0.2, 0) is 6.42 Å². The number of fused-ring (bicyclic) bond motifs is 2. The lowest BCUT2D eigenvalue weighted by Crippen LogP contribution is -2.11. The first-order valence-electron chi connectivity index (χ1n) is 5.25. The van der Waals surface area contributed by atoms with Crippen molar-refractivity contribution in [1.82, 2.24) is 0 Å². The van der Waals surface area contributed by atoms with Crippen molar-refractivity contribution >= 4 is 31.9 Å². The highest BCUT2D eigenvalue weighted by atomic mass is 79.9. The minimum Gasteiger partial charge on any atom is -0.472 e. The van der Waals surface area contributed by atoms with Gasteiger partial charge in [-0.25, -0.2) is 0 Å². The number of hydrogen-bond acceptors (Lipinski definition) is 3. The molecule has 1 aliphatic rings. The lowest BCUT2D eigenvalue weighted by molar-refractivity contribution is 0.175. The molecule has 0 aliphatic heterocycles. The van der Waals surface area contributed by atoms with E-state index >= 15 is 0 Å². The maximum absolute atomic E-state index is 10.2. The fraction of sp³-hybridized carbons (Fsp3) is 0.333. The molecule has 2 aromatic heterocycles. The van der Waals surface area contributed by atoms with Crippen LogP contribution in [0.5, 0.6) is 0 Å². The van der Waals surface area contributed by atoms with Crippen LogP contribution in [-0.4, -0.2) is 5.11 Å².